The molecule has 0 bridgehead atoms. The molecule has 0 amide bonds. The summed E-state index contributed by atoms with van der Waals surface area (Å²) in [5.74, 6) is 2.06. The first-order valence-corrected chi connectivity index (χ1v) is 5.49. The second-order valence-corrected chi connectivity index (χ2v) is 4.00. The van der Waals surface area contributed by atoms with Gasteiger partial charge in [-0.1, -0.05) is 12.1 Å². The first kappa shape index (κ1) is 10.1. The molecule has 2 saturated heterocycles. The highest BCUT2D eigenvalue weighted by molar-refractivity contribution is 5.53. The lowest BCUT2D eigenvalue weighted by Gasteiger charge is -1.95. The van der Waals surface area contributed by atoms with Crippen molar-refractivity contribution in [2.75, 3.05) is 26.4 Å². The van der Waals surface area contributed by atoms with Crippen molar-refractivity contribution in [1.82, 2.24) is 0 Å². The molecule has 86 valence electrons. The van der Waals surface area contributed by atoms with Crippen molar-refractivity contribution in [3.05, 3.63) is 24.3 Å². The minimum Gasteiger partial charge on any atom is -0.450 e. The van der Waals surface area contributed by atoms with Crippen molar-refractivity contribution < 1.29 is 18.9 Å². The number of rotatable bonds is 4. The van der Waals surface area contributed by atoms with Crippen LogP contribution >= 0.6 is 0 Å². The van der Waals surface area contributed by atoms with Crippen molar-refractivity contribution >= 4 is 0 Å². The van der Waals surface area contributed by atoms with E-state index in [1.54, 1.807) is 0 Å². The summed E-state index contributed by atoms with van der Waals surface area (Å²) in [6.07, 6.45) is 0.785. The van der Waals surface area contributed by atoms with Crippen molar-refractivity contribution in [2.24, 2.45) is 0 Å². The normalized spacial score (nSPS) is 27.0. The Morgan fingerprint density at radius 2 is 1.50 bits per heavy atom. The largest absolute Gasteiger partial charge is 0.450 e. The Bertz CT molecular complexity index is 325. The lowest BCUT2D eigenvalue weighted by atomic mass is 10.4. The molecule has 3 heterocycles. The van der Waals surface area contributed by atoms with Crippen LogP contribution in [0.15, 0.2) is 24.3 Å². The molecule has 4 heteroatoms. The summed E-state index contributed by atoms with van der Waals surface area (Å²) in [5.41, 5.74) is 0. The fourth-order valence-corrected chi connectivity index (χ4v) is 1.27. The standard InChI is InChI=1S/C6H10O3.C6H4O/c1(5-3-8-5)7-2-6-4-9-6;1-2-4-6-5(3-1)7-6/h5-6H,1-4H2;1-4H. The van der Waals surface area contributed by atoms with Crippen LogP contribution in [-0.2, 0) is 14.2 Å². The molecule has 4 rings (SSSR count). The number of hydrogen-bond acceptors (Lipinski definition) is 4. The van der Waals surface area contributed by atoms with Gasteiger partial charge in [0.1, 0.15) is 12.2 Å². The van der Waals surface area contributed by atoms with Gasteiger partial charge in [-0.25, -0.2) is 0 Å². The van der Waals surface area contributed by atoms with Gasteiger partial charge in [0, 0.05) is 0 Å². The second kappa shape index (κ2) is 4.41. The number of epoxide rings is 2. The van der Waals surface area contributed by atoms with Gasteiger partial charge in [-0.05, 0) is 12.1 Å². The van der Waals surface area contributed by atoms with Gasteiger partial charge in [-0.3, -0.25) is 0 Å². The molecule has 16 heavy (non-hydrogen) atoms. The van der Waals surface area contributed by atoms with Gasteiger partial charge in [0.25, 0.3) is 0 Å². The highest BCUT2D eigenvalue weighted by atomic mass is 16.6. The summed E-state index contributed by atoms with van der Waals surface area (Å²) in [5, 5.41) is 0. The molecular weight excluding hydrogens is 208 g/mol. The van der Waals surface area contributed by atoms with Gasteiger partial charge in [0.15, 0.2) is 11.5 Å². The van der Waals surface area contributed by atoms with Crippen molar-refractivity contribution in [1.29, 1.82) is 0 Å². The van der Waals surface area contributed by atoms with Gasteiger partial charge >= 0.3 is 0 Å². The van der Waals surface area contributed by atoms with Crippen LogP contribution in [0.25, 0.3) is 0 Å². The van der Waals surface area contributed by atoms with Gasteiger partial charge in [-0.15, -0.1) is 0 Å². The molecule has 2 atom stereocenters. The van der Waals surface area contributed by atoms with Crippen LogP contribution in [0.2, 0.25) is 0 Å². The van der Waals surface area contributed by atoms with E-state index in [1.165, 1.54) is 0 Å². The van der Waals surface area contributed by atoms with Gasteiger partial charge in [-0.2, -0.15) is 0 Å². The molecule has 0 N–H and O–H groups in total. The molecule has 2 fully saturated rings. The Kier molecular flexibility index (Phi) is 2.78. The minimum absolute atomic E-state index is 0.392. The van der Waals surface area contributed by atoms with E-state index < -0.39 is 0 Å². The van der Waals surface area contributed by atoms with Crippen molar-refractivity contribution in [3.8, 4) is 11.5 Å². The van der Waals surface area contributed by atoms with Crippen LogP contribution in [0.4, 0.5) is 0 Å². The van der Waals surface area contributed by atoms with E-state index in [0.717, 1.165) is 37.9 Å². The first-order valence-electron chi connectivity index (χ1n) is 5.49. The maximum absolute atomic E-state index is 5.23. The molecule has 3 aliphatic rings. The van der Waals surface area contributed by atoms with Gasteiger partial charge in [0.2, 0.25) is 0 Å². The molecule has 0 aliphatic carbocycles. The minimum atomic E-state index is 0.392. The smallest absolute Gasteiger partial charge is 0.170 e. The maximum atomic E-state index is 5.23. The number of benzene rings is 1. The molecule has 3 aliphatic heterocycles. The Morgan fingerprint density at radius 1 is 1.00 bits per heavy atom. The lowest BCUT2D eigenvalue weighted by Crippen LogP contribution is -2.06. The second-order valence-electron chi connectivity index (χ2n) is 4.00. The molecular formula is C12H14O4. The van der Waals surface area contributed by atoms with E-state index in [0.29, 0.717) is 12.2 Å². The Labute approximate surface area is 94.1 Å². The predicted molar refractivity (Wildman–Crippen MR) is 56.8 cm³/mol. The number of para-hydroxylation sites is 2. The van der Waals surface area contributed by atoms with E-state index in [2.05, 4.69) is 0 Å². The number of ether oxygens (including phenoxy) is 4. The van der Waals surface area contributed by atoms with Crippen molar-refractivity contribution in [3.63, 3.8) is 0 Å². The van der Waals surface area contributed by atoms with E-state index in [4.69, 9.17) is 18.9 Å². The SMILES string of the molecule is C(OCC1CO1)C1CO1.c1ccc2c(c1)O2. The van der Waals surface area contributed by atoms with Crippen LogP contribution in [0.5, 0.6) is 11.5 Å². The summed E-state index contributed by atoms with van der Waals surface area (Å²) >= 11 is 0. The quantitative estimate of drug-likeness (QED) is 0.737. The summed E-state index contributed by atoms with van der Waals surface area (Å²) in [6, 6.07) is 7.84. The zero-order chi connectivity index (χ0) is 10.8. The molecule has 0 aromatic heterocycles. The van der Waals surface area contributed by atoms with E-state index in [9.17, 15) is 0 Å². The zero-order valence-electron chi connectivity index (χ0n) is 8.93. The van der Waals surface area contributed by atoms with Crippen LogP contribution in [0, 0.1) is 0 Å². The molecule has 0 saturated carbocycles. The third kappa shape index (κ3) is 3.20. The van der Waals surface area contributed by atoms with Gasteiger partial charge in [0.05, 0.1) is 26.4 Å². The van der Waals surface area contributed by atoms with Crippen LogP contribution in [-0.4, -0.2) is 38.6 Å². The van der Waals surface area contributed by atoms with E-state index >= 15 is 0 Å². The maximum Gasteiger partial charge on any atom is 0.170 e. The van der Waals surface area contributed by atoms with E-state index in [-0.39, 0.29) is 0 Å². The van der Waals surface area contributed by atoms with E-state index in [1.807, 2.05) is 24.3 Å². The zero-order valence-corrected chi connectivity index (χ0v) is 8.93. The Balaban J connectivity index is 0.000000104. The van der Waals surface area contributed by atoms with Crippen molar-refractivity contribution in [2.45, 2.75) is 12.2 Å². The molecule has 0 radical (unpaired) electrons. The van der Waals surface area contributed by atoms with Crippen LogP contribution in [0.1, 0.15) is 0 Å². The van der Waals surface area contributed by atoms with Crippen LogP contribution in [0.3, 0.4) is 0 Å². The predicted octanol–water partition coefficient (Wildman–Crippen LogP) is 1.59. The fraction of sp³-hybridized carbons (Fsp3) is 0.500. The average Bonchev–Trinajstić information content (AvgIpc) is 3.11. The molecule has 1 aromatic rings. The molecule has 1 aromatic carbocycles. The highest BCUT2D eigenvalue weighted by Crippen LogP contribution is 2.43. The Morgan fingerprint density at radius 3 is 1.88 bits per heavy atom. The summed E-state index contributed by atoms with van der Waals surface area (Å²) in [4.78, 5) is 0. The van der Waals surface area contributed by atoms with Gasteiger partial charge < -0.3 is 18.9 Å². The number of fused-ring (bicyclic) bond motifs is 1. The third-order valence-electron chi connectivity index (χ3n) is 2.44. The molecule has 0 spiro atoms. The average molecular weight is 222 g/mol. The first-order chi connectivity index (χ1) is 7.92. The summed E-state index contributed by atoms with van der Waals surface area (Å²) < 4.78 is 20.1. The Hall–Kier alpha value is -1.10. The summed E-state index contributed by atoms with van der Waals surface area (Å²) in [7, 11) is 0. The third-order valence-corrected chi connectivity index (χ3v) is 2.44. The topological polar surface area (TPSA) is 46.8 Å². The number of hydrogen-bond donors (Lipinski definition) is 0. The molecule has 4 nitrogen and oxygen atoms in total. The highest BCUT2D eigenvalue weighted by Gasteiger charge is 2.26. The fourth-order valence-electron chi connectivity index (χ4n) is 1.27. The monoisotopic (exact) mass is 222 g/mol. The molecule has 2 unspecified atom stereocenters. The van der Waals surface area contributed by atoms with Crippen LogP contribution < -0.4 is 4.74 Å². The lowest BCUT2D eigenvalue weighted by molar-refractivity contribution is 0.102. The summed E-state index contributed by atoms with van der Waals surface area (Å²) in [6.45, 7) is 3.26.